The molecule has 3 heterocycles. The van der Waals surface area contributed by atoms with E-state index in [2.05, 4.69) is 30.4 Å². The first-order valence-corrected chi connectivity index (χ1v) is 9.13. The zero-order valence-corrected chi connectivity index (χ0v) is 16.0. The lowest BCUT2D eigenvalue weighted by atomic mass is 9.96. The monoisotopic (exact) mass is 360 g/mol. The molecular formula is C18H28N6O2. The van der Waals surface area contributed by atoms with Crippen LogP contribution >= 0.6 is 0 Å². The van der Waals surface area contributed by atoms with Gasteiger partial charge in [-0.25, -0.2) is 4.99 Å². The Morgan fingerprint density at radius 3 is 2.88 bits per heavy atom. The molecule has 2 aromatic rings. The van der Waals surface area contributed by atoms with E-state index in [9.17, 15) is 5.11 Å². The lowest BCUT2D eigenvalue weighted by Crippen LogP contribution is -2.44. The number of nitrogens with one attached hydrogen (secondary N) is 2. The van der Waals surface area contributed by atoms with Gasteiger partial charge in [0.25, 0.3) is 0 Å². The molecule has 0 saturated heterocycles. The van der Waals surface area contributed by atoms with E-state index in [-0.39, 0.29) is 0 Å². The summed E-state index contributed by atoms with van der Waals surface area (Å²) in [5, 5.41) is 25.7. The van der Waals surface area contributed by atoms with Gasteiger partial charge < -0.3 is 24.7 Å². The average Bonchev–Trinajstić information content (AvgIpc) is 3.26. The minimum Gasteiger partial charge on any atom is -0.466 e. The van der Waals surface area contributed by atoms with Crippen molar-refractivity contribution in [2.24, 2.45) is 4.99 Å². The average molecular weight is 360 g/mol. The largest absolute Gasteiger partial charge is 0.466 e. The summed E-state index contributed by atoms with van der Waals surface area (Å²) in [5.41, 5.74) is -0.276. The number of aromatic nitrogens is 3. The molecular weight excluding hydrogens is 332 g/mol. The summed E-state index contributed by atoms with van der Waals surface area (Å²) < 4.78 is 7.68. The highest BCUT2D eigenvalue weighted by Crippen LogP contribution is 2.26. The number of nitrogens with zero attached hydrogens (tertiary/aromatic N) is 4. The normalized spacial score (nSPS) is 16.4. The minimum atomic E-state index is -1.06. The summed E-state index contributed by atoms with van der Waals surface area (Å²) in [6.07, 6.45) is 2.10. The molecule has 26 heavy (non-hydrogen) atoms. The van der Waals surface area contributed by atoms with Gasteiger partial charge in [-0.3, -0.25) is 0 Å². The molecule has 0 saturated carbocycles. The molecule has 2 aromatic heterocycles. The smallest absolute Gasteiger partial charge is 0.191 e. The third-order valence-electron chi connectivity index (χ3n) is 4.63. The van der Waals surface area contributed by atoms with Gasteiger partial charge in [0.05, 0.1) is 6.54 Å². The van der Waals surface area contributed by atoms with Gasteiger partial charge >= 0.3 is 0 Å². The Labute approximate surface area is 153 Å². The van der Waals surface area contributed by atoms with Crippen LogP contribution in [0.3, 0.4) is 0 Å². The number of aliphatic imine (C=N–C) groups is 1. The van der Waals surface area contributed by atoms with Crippen molar-refractivity contribution in [3.05, 3.63) is 34.8 Å². The van der Waals surface area contributed by atoms with Crippen LogP contribution in [-0.4, -0.2) is 38.9 Å². The molecule has 0 aromatic carbocycles. The van der Waals surface area contributed by atoms with Crippen LogP contribution in [-0.2, 0) is 25.1 Å². The standard InChI is InChI=1S/C18H28N6O2/c1-5-19-17(20-10-16-23-22-15-7-6-8-24(15)16)21-11-18(4,25)14-9-12(2)26-13(14)3/h9,25H,5-8,10-11H2,1-4H3,(H2,19,20,21). The Kier molecular flexibility index (Phi) is 5.31. The predicted molar refractivity (Wildman–Crippen MR) is 98.9 cm³/mol. The molecule has 1 atom stereocenters. The molecule has 1 unspecified atom stereocenters. The third kappa shape index (κ3) is 3.90. The number of fused-ring (bicyclic) bond motifs is 1. The predicted octanol–water partition coefficient (Wildman–Crippen LogP) is 1.40. The summed E-state index contributed by atoms with van der Waals surface area (Å²) in [7, 11) is 0. The summed E-state index contributed by atoms with van der Waals surface area (Å²) in [6.45, 7) is 9.98. The molecule has 0 fully saturated rings. The van der Waals surface area contributed by atoms with E-state index < -0.39 is 5.60 Å². The van der Waals surface area contributed by atoms with Gasteiger partial charge in [0.15, 0.2) is 11.8 Å². The van der Waals surface area contributed by atoms with E-state index in [0.29, 0.717) is 19.0 Å². The maximum atomic E-state index is 10.8. The highest BCUT2D eigenvalue weighted by molar-refractivity contribution is 5.79. The summed E-state index contributed by atoms with van der Waals surface area (Å²) >= 11 is 0. The Morgan fingerprint density at radius 2 is 2.19 bits per heavy atom. The fourth-order valence-electron chi connectivity index (χ4n) is 3.34. The molecule has 1 aliphatic heterocycles. The van der Waals surface area contributed by atoms with Crippen molar-refractivity contribution >= 4 is 5.96 Å². The molecule has 0 radical (unpaired) electrons. The topological polar surface area (TPSA) is 100 Å². The van der Waals surface area contributed by atoms with Gasteiger partial charge in [0.2, 0.25) is 0 Å². The van der Waals surface area contributed by atoms with E-state index in [0.717, 1.165) is 54.7 Å². The summed E-state index contributed by atoms with van der Waals surface area (Å²) in [5.74, 6) is 4.08. The zero-order valence-electron chi connectivity index (χ0n) is 16.0. The highest BCUT2D eigenvalue weighted by Gasteiger charge is 2.28. The van der Waals surface area contributed by atoms with Crippen LogP contribution in [0.5, 0.6) is 0 Å². The van der Waals surface area contributed by atoms with Gasteiger partial charge in [0, 0.05) is 25.1 Å². The van der Waals surface area contributed by atoms with E-state index in [1.54, 1.807) is 6.92 Å². The van der Waals surface area contributed by atoms with Crippen molar-refractivity contribution in [1.82, 2.24) is 25.4 Å². The summed E-state index contributed by atoms with van der Waals surface area (Å²) in [6, 6.07) is 1.88. The first kappa shape index (κ1) is 18.4. The maximum absolute atomic E-state index is 10.8. The number of rotatable bonds is 6. The molecule has 142 valence electrons. The Morgan fingerprint density at radius 1 is 1.38 bits per heavy atom. The third-order valence-corrected chi connectivity index (χ3v) is 4.63. The molecule has 0 aliphatic carbocycles. The van der Waals surface area contributed by atoms with Crippen molar-refractivity contribution in [1.29, 1.82) is 0 Å². The van der Waals surface area contributed by atoms with Gasteiger partial charge in [0.1, 0.15) is 29.5 Å². The molecule has 0 bridgehead atoms. The van der Waals surface area contributed by atoms with Crippen LogP contribution in [0.1, 0.15) is 49.0 Å². The number of aliphatic hydroxyl groups is 1. The van der Waals surface area contributed by atoms with Crippen molar-refractivity contribution in [3.63, 3.8) is 0 Å². The molecule has 8 nitrogen and oxygen atoms in total. The first-order valence-electron chi connectivity index (χ1n) is 9.13. The molecule has 3 rings (SSSR count). The van der Waals surface area contributed by atoms with Crippen LogP contribution in [0.2, 0.25) is 0 Å². The number of hydrogen-bond acceptors (Lipinski definition) is 5. The second kappa shape index (κ2) is 7.49. The molecule has 0 amide bonds. The number of guanidine groups is 1. The number of hydrogen-bond donors (Lipinski definition) is 3. The minimum absolute atomic E-state index is 0.316. The van der Waals surface area contributed by atoms with Crippen molar-refractivity contribution in [2.75, 3.05) is 13.1 Å². The van der Waals surface area contributed by atoms with Crippen LogP contribution in [0.4, 0.5) is 0 Å². The van der Waals surface area contributed by atoms with Crippen LogP contribution in [0.25, 0.3) is 0 Å². The molecule has 1 aliphatic rings. The van der Waals surface area contributed by atoms with Crippen molar-refractivity contribution in [2.45, 2.75) is 59.2 Å². The fourth-order valence-corrected chi connectivity index (χ4v) is 3.34. The van der Waals surface area contributed by atoms with Crippen LogP contribution < -0.4 is 10.6 Å². The van der Waals surface area contributed by atoms with Crippen molar-refractivity contribution < 1.29 is 9.52 Å². The number of furan rings is 1. The molecule has 0 spiro atoms. The Balaban J connectivity index is 1.67. The van der Waals surface area contributed by atoms with Gasteiger partial charge in [-0.2, -0.15) is 0 Å². The fraction of sp³-hybridized carbons (Fsp3) is 0.611. The van der Waals surface area contributed by atoms with E-state index in [1.807, 2.05) is 26.8 Å². The van der Waals surface area contributed by atoms with Gasteiger partial charge in [-0.1, -0.05) is 0 Å². The first-order chi connectivity index (χ1) is 12.4. The molecule has 8 heteroatoms. The van der Waals surface area contributed by atoms with E-state index in [4.69, 9.17) is 4.42 Å². The second-order valence-electron chi connectivity index (χ2n) is 6.94. The van der Waals surface area contributed by atoms with E-state index in [1.165, 1.54) is 0 Å². The van der Waals surface area contributed by atoms with Crippen molar-refractivity contribution in [3.8, 4) is 0 Å². The maximum Gasteiger partial charge on any atom is 0.191 e. The van der Waals surface area contributed by atoms with Gasteiger partial charge in [-0.15, -0.1) is 10.2 Å². The van der Waals surface area contributed by atoms with Crippen LogP contribution in [0, 0.1) is 13.8 Å². The Hall–Kier alpha value is -2.35. The highest BCUT2D eigenvalue weighted by atomic mass is 16.3. The quantitative estimate of drug-likeness (QED) is 0.532. The zero-order chi connectivity index (χ0) is 18.7. The lowest BCUT2D eigenvalue weighted by molar-refractivity contribution is 0.0601. The van der Waals surface area contributed by atoms with Crippen LogP contribution in [0.15, 0.2) is 15.5 Å². The summed E-state index contributed by atoms with van der Waals surface area (Å²) in [4.78, 5) is 4.59. The Bertz CT molecular complexity index is 790. The van der Waals surface area contributed by atoms with E-state index >= 15 is 0 Å². The number of aryl methyl sites for hydroxylation is 3. The van der Waals surface area contributed by atoms with Gasteiger partial charge in [-0.05, 0) is 40.2 Å². The second-order valence-corrected chi connectivity index (χ2v) is 6.94. The lowest BCUT2D eigenvalue weighted by Gasteiger charge is -2.24. The molecule has 3 N–H and O–H groups in total. The SMILES string of the molecule is CCNC(=NCc1nnc2n1CCC2)NCC(C)(O)c1cc(C)oc1C.